The molecule has 1 unspecified atom stereocenters. The Hall–Kier alpha value is -2.51. The van der Waals surface area contributed by atoms with E-state index in [0.717, 1.165) is 0 Å². The zero-order valence-corrected chi connectivity index (χ0v) is 14.1. The number of aliphatic hydroxyl groups excluding tert-OH is 1. The fourth-order valence-electron chi connectivity index (χ4n) is 3.01. The number of aliphatic hydroxyl groups is 1. The molecule has 0 spiro atoms. The molecular formula is C18H21N3O4. The van der Waals surface area contributed by atoms with Gasteiger partial charge in [0.2, 0.25) is 0 Å². The standard InChI is InChI=1S/C18H21N3O4/c1-11-12(2)17(25-14(11)10-22)21-9-8-15(20-18(21)24)19-16(23)13-6-4-3-5-7-13/h3-9,11-12,14,17,22H,10H2,1-2H3,(H,19,20,23,24)/t11?,12-,14+,17+/m0/s1. The summed E-state index contributed by atoms with van der Waals surface area (Å²) in [6.45, 7) is 3.87. The van der Waals surface area contributed by atoms with Gasteiger partial charge in [-0.1, -0.05) is 32.0 Å². The predicted molar refractivity (Wildman–Crippen MR) is 92.2 cm³/mol. The van der Waals surface area contributed by atoms with Crippen LogP contribution in [0.1, 0.15) is 30.4 Å². The summed E-state index contributed by atoms with van der Waals surface area (Å²) in [7, 11) is 0. The number of aromatic nitrogens is 2. The highest BCUT2D eigenvalue weighted by molar-refractivity contribution is 6.03. The monoisotopic (exact) mass is 343 g/mol. The number of hydrogen-bond acceptors (Lipinski definition) is 5. The highest BCUT2D eigenvalue weighted by Crippen LogP contribution is 2.37. The van der Waals surface area contributed by atoms with Crippen LogP contribution in [0.2, 0.25) is 0 Å². The van der Waals surface area contributed by atoms with Crippen LogP contribution in [0.5, 0.6) is 0 Å². The number of carbonyl (C=O) groups is 1. The maximum absolute atomic E-state index is 12.4. The number of hydrogen-bond donors (Lipinski definition) is 2. The number of carbonyl (C=O) groups excluding carboxylic acids is 1. The minimum absolute atomic E-state index is 0.0569. The fourth-order valence-corrected chi connectivity index (χ4v) is 3.01. The van der Waals surface area contributed by atoms with E-state index in [9.17, 15) is 14.7 Å². The molecule has 0 saturated carbocycles. The zero-order valence-electron chi connectivity index (χ0n) is 14.1. The van der Waals surface area contributed by atoms with Gasteiger partial charge in [-0.25, -0.2) is 4.79 Å². The fraction of sp³-hybridized carbons (Fsp3) is 0.389. The Balaban J connectivity index is 1.78. The van der Waals surface area contributed by atoms with E-state index < -0.39 is 11.9 Å². The second-order valence-corrected chi connectivity index (χ2v) is 6.29. The molecule has 1 aliphatic rings. The van der Waals surface area contributed by atoms with Crippen molar-refractivity contribution < 1.29 is 14.6 Å². The molecule has 1 fully saturated rings. The van der Waals surface area contributed by atoms with Crippen molar-refractivity contribution in [2.45, 2.75) is 26.2 Å². The summed E-state index contributed by atoms with van der Waals surface area (Å²) in [5.74, 6) is 0.0398. The van der Waals surface area contributed by atoms with Crippen LogP contribution in [0.25, 0.3) is 0 Å². The van der Waals surface area contributed by atoms with E-state index in [1.54, 1.807) is 36.5 Å². The van der Waals surface area contributed by atoms with Crippen molar-refractivity contribution in [2.24, 2.45) is 11.8 Å². The van der Waals surface area contributed by atoms with Crippen LogP contribution >= 0.6 is 0 Å². The maximum atomic E-state index is 12.4. The van der Waals surface area contributed by atoms with E-state index in [0.29, 0.717) is 5.56 Å². The third-order valence-corrected chi connectivity index (χ3v) is 4.74. The molecular weight excluding hydrogens is 322 g/mol. The van der Waals surface area contributed by atoms with E-state index >= 15 is 0 Å². The molecule has 7 heteroatoms. The molecule has 132 valence electrons. The van der Waals surface area contributed by atoms with Gasteiger partial charge in [-0.2, -0.15) is 4.98 Å². The summed E-state index contributed by atoms with van der Waals surface area (Å²) in [4.78, 5) is 28.4. The van der Waals surface area contributed by atoms with Crippen molar-refractivity contribution in [2.75, 3.05) is 11.9 Å². The van der Waals surface area contributed by atoms with Gasteiger partial charge in [0.05, 0.1) is 12.7 Å². The molecule has 1 amide bonds. The van der Waals surface area contributed by atoms with Crippen molar-refractivity contribution >= 4 is 11.7 Å². The SMILES string of the molecule is CC1[C@@H](CO)O[C@@H](n2ccc(NC(=O)c3ccccc3)nc2=O)[C@H]1C. The molecule has 2 heterocycles. The largest absolute Gasteiger partial charge is 0.394 e. The molecule has 0 bridgehead atoms. The van der Waals surface area contributed by atoms with Gasteiger partial charge >= 0.3 is 5.69 Å². The van der Waals surface area contributed by atoms with E-state index in [1.807, 2.05) is 19.9 Å². The van der Waals surface area contributed by atoms with Gasteiger partial charge in [-0.05, 0) is 24.1 Å². The van der Waals surface area contributed by atoms with Gasteiger partial charge in [-0.15, -0.1) is 0 Å². The van der Waals surface area contributed by atoms with Gasteiger partial charge in [0.15, 0.2) is 0 Å². The molecule has 2 aromatic rings. The van der Waals surface area contributed by atoms with Crippen LogP contribution in [0.15, 0.2) is 47.4 Å². The number of ether oxygens (including phenoxy) is 1. The molecule has 1 aromatic carbocycles. The molecule has 3 rings (SSSR count). The zero-order chi connectivity index (χ0) is 18.0. The van der Waals surface area contributed by atoms with Gasteiger partial charge in [0, 0.05) is 17.7 Å². The number of benzene rings is 1. The Morgan fingerprint density at radius 1 is 1.24 bits per heavy atom. The number of anilines is 1. The Morgan fingerprint density at radius 3 is 2.56 bits per heavy atom. The Kier molecular flexibility index (Phi) is 4.96. The summed E-state index contributed by atoms with van der Waals surface area (Å²) in [5.41, 5.74) is -0.0191. The number of nitrogens with one attached hydrogen (secondary N) is 1. The third-order valence-electron chi connectivity index (χ3n) is 4.74. The molecule has 2 N–H and O–H groups in total. The average molecular weight is 343 g/mol. The van der Waals surface area contributed by atoms with Crippen molar-refractivity contribution in [3.63, 3.8) is 0 Å². The second-order valence-electron chi connectivity index (χ2n) is 6.29. The van der Waals surface area contributed by atoms with Gasteiger partial charge in [0.25, 0.3) is 5.91 Å². The Morgan fingerprint density at radius 2 is 1.96 bits per heavy atom. The average Bonchev–Trinajstić information content (AvgIpc) is 2.91. The molecule has 7 nitrogen and oxygen atoms in total. The first-order valence-corrected chi connectivity index (χ1v) is 8.23. The normalized spacial score (nSPS) is 25.7. The molecule has 4 atom stereocenters. The highest BCUT2D eigenvalue weighted by atomic mass is 16.5. The van der Waals surface area contributed by atoms with Crippen molar-refractivity contribution in [3.8, 4) is 0 Å². The lowest BCUT2D eigenvalue weighted by Crippen LogP contribution is -2.30. The van der Waals surface area contributed by atoms with Crippen LogP contribution in [0.3, 0.4) is 0 Å². The summed E-state index contributed by atoms with van der Waals surface area (Å²) < 4.78 is 7.18. The molecule has 1 aromatic heterocycles. The number of rotatable bonds is 4. The molecule has 25 heavy (non-hydrogen) atoms. The molecule has 1 saturated heterocycles. The Labute approximate surface area is 145 Å². The first kappa shape index (κ1) is 17.3. The minimum atomic E-state index is -0.506. The van der Waals surface area contributed by atoms with Crippen LogP contribution in [0.4, 0.5) is 5.82 Å². The van der Waals surface area contributed by atoms with Crippen molar-refractivity contribution in [1.29, 1.82) is 0 Å². The topological polar surface area (TPSA) is 93.4 Å². The van der Waals surface area contributed by atoms with E-state index in [-0.39, 0.29) is 36.3 Å². The van der Waals surface area contributed by atoms with Gasteiger partial charge in [0.1, 0.15) is 12.0 Å². The smallest absolute Gasteiger partial charge is 0.351 e. The second kappa shape index (κ2) is 7.16. The maximum Gasteiger partial charge on any atom is 0.351 e. The van der Waals surface area contributed by atoms with Crippen LogP contribution in [-0.2, 0) is 4.74 Å². The van der Waals surface area contributed by atoms with E-state index in [1.165, 1.54) is 4.57 Å². The summed E-state index contributed by atoms with van der Waals surface area (Å²) in [6, 6.07) is 10.3. The van der Waals surface area contributed by atoms with Crippen molar-refractivity contribution in [1.82, 2.24) is 9.55 Å². The van der Waals surface area contributed by atoms with E-state index in [4.69, 9.17) is 4.74 Å². The van der Waals surface area contributed by atoms with Crippen LogP contribution < -0.4 is 11.0 Å². The Bertz CT molecular complexity index is 805. The number of nitrogens with zero attached hydrogens (tertiary/aromatic N) is 2. The molecule has 0 radical (unpaired) electrons. The lowest BCUT2D eigenvalue weighted by Gasteiger charge is -2.18. The molecule has 0 aliphatic carbocycles. The van der Waals surface area contributed by atoms with Crippen LogP contribution in [-0.4, -0.2) is 33.3 Å². The highest BCUT2D eigenvalue weighted by Gasteiger charge is 2.40. The molecule has 1 aliphatic heterocycles. The first-order chi connectivity index (χ1) is 12.0. The first-order valence-electron chi connectivity index (χ1n) is 8.23. The predicted octanol–water partition coefficient (Wildman–Crippen LogP) is 1.66. The quantitative estimate of drug-likeness (QED) is 0.880. The summed E-state index contributed by atoms with van der Waals surface area (Å²) >= 11 is 0. The lowest BCUT2D eigenvalue weighted by molar-refractivity contribution is -0.0375. The summed E-state index contributed by atoms with van der Waals surface area (Å²) in [5, 5.41) is 12.0. The number of amides is 1. The third kappa shape index (κ3) is 3.47. The summed E-state index contributed by atoms with van der Waals surface area (Å²) in [6.07, 6.45) is 0.777. The van der Waals surface area contributed by atoms with Crippen LogP contribution in [0, 0.1) is 11.8 Å². The lowest BCUT2D eigenvalue weighted by atomic mass is 9.93. The van der Waals surface area contributed by atoms with Gasteiger partial charge < -0.3 is 15.2 Å². The van der Waals surface area contributed by atoms with Gasteiger partial charge in [-0.3, -0.25) is 9.36 Å². The van der Waals surface area contributed by atoms with Crippen molar-refractivity contribution in [3.05, 3.63) is 58.6 Å². The minimum Gasteiger partial charge on any atom is -0.394 e. The van der Waals surface area contributed by atoms with E-state index in [2.05, 4.69) is 10.3 Å².